The van der Waals surface area contributed by atoms with Crippen LogP contribution in [0.25, 0.3) is 0 Å². The number of amides is 1. The third-order valence-electron chi connectivity index (χ3n) is 2.88. The molecule has 0 unspecified atom stereocenters. The lowest BCUT2D eigenvalue weighted by atomic mass is 10.2. The van der Waals surface area contributed by atoms with Gasteiger partial charge in [-0.2, -0.15) is 0 Å². The highest BCUT2D eigenvalue weighted by Gasteiger charge is 2.10. The molecule has 0 aliphatic heterocycles. The molecule has 0 fully saturated rings. The molecule has 0 aliphatic rings. The first-order valence-electron chi connectivity index (χ1n) is 6.36. The van der Waals surface area contributed by atoms with Crippen molar-refractivity contribution in [1.29, 1.82) is 0 Å². The van der Waals surface area contributed by atoms with Crippen LogP contribution in [-0.4, -0.2) is 31.0 Å². The Morgan fingerprint density at radius 1 is 1.10 bits per heavy atom. The minimum absolute atomic E-state index is 0.0479. The molecule has 104 valence electrons. The van der Waals surface area contributed by atoms with Crippen LogP contribution in [0.4, 0.5) is 4.39 Å². The average molecular weight is 273 g/mol. The van der Waals surface area contributed by atoms with Gasteiger partial charge in [-0.3, -0.25) is 4.79 Å². The minimum Gasteiger partial charge on any atom is -0.492 e. The van der Waals surface area contributed by atoms with Crippen LogP contribution in [0, 0.1) is 5.82 Å². The summed E-state index contributed by atoms with van der Waals surface area (Å²) < 4.78 is 18.2. The van der Waals surface area contributed by atoms with Gasteiger partial charge in [-0.15, -0.1) is 0 Å². The number of rotatable bonds is 5. The third-order valence-corrected chi connectivity index (χ3v) is 2.88. The standard InChI is InChI=1S/C16H16FNO2/c1-18(16(19)13-5-3-2-4-6-13)11-12-20-15-9-7-14(17)8-10-15/h2-10H,11-12H2,1H3. The van der Waals surface area contributed by atoms with Gasteiger partial charge < -0.3 is 9.64 Å². The fourth-order valence-electron chi connectivity index (χ4n) is 1.73. The summed E-state index contributed by atoms with van der Waals surface area (Å²) in [4.78, 5) is 13.6. The Hall–Kier alpha value is -2.36. The molecule has 3 nitrogen and oxygen atoms in total. The molecule has 0 N–H and O–H groups in total. The van der Waals surface area contributed by atoms with Crippen molar-refractivity contribution in [2.24, 2.45) is 0 Å². The van der Waals surface area contributed by atoms with Crippen molar-refractivity contribution in [3.05, 3.63) is 66.0 Å². The normalized spacial score (nSPS) is 10.1. The highest BCUT2D eigenvalue weighted by molar-refractivity contribution is 5.93. The van der Waals surface area contributed by atoms with Crippen molar-refractivity contribution in [3.63, 3.8) is 0 Å². The molecule has 2 aromatic rings. The lowest BCUT2D eigenvalue weighted by Crippen LogP contribution is -2.30. The molecular weight excluding hydrogens is 257 g/mol. The summed E-state index contributed by atoms with van der Waals surface area (Å²) in [6.45, 7) is 0.825. The molecule has 0 heterocycles. The lowest BCUT2D eigenvalue weighted by Gasteiger charge is -2.17. The van der Waals surface area contributed by atoms with Gasteiger partial charge in [0.15, 0.2) is 0 Å². The van der Waals surface area contributed by atoms with Gasteiger partial charge in [0.2, 0.25) is 0 Å². The molecule has 0 atom stereocenters. The number of nitrogens with zero attached hydrogens (tertiary/aromatic N) is 1. The monoisotopic (exact) mass is 273 g/mol. The van der Waals surface area contributed by atoms with Gasteiger partial charge in [-0.05, 0) is 36.4 Å². The van der Waals surface area contributed by atoms with Crippen molar-refractivity contribution in [1.82, 2.24) is 4.90 Å². The fraction of sp³-hybridized carbons (Fsp3) is 0.188. The Morgan fingerprint density at radius 2 is 1.75 bits per heavy atom. The lowest BCUT2D eigenvalue weighted by molar-refractivity contribution is 0.0774. The molecule has 4 heteroatoms. The number of ether oxygens (including phenoxy) is 1. The van der Waals surface area contributed by atoms with Crippen LogP contribution < -0.4 is 4.74 Å². The Morgan fingerprint density at radius 3 is 2.40 bits per heavy atom. The van der Waals surface area contributed by atoms with Gasteiger partial charge >= 0.3 is 0 Å². The molecule has 2 rings (SSSR count). The van der Waals surface area contributed by atoms with Gasteiger partial charge in [-0.1, -0.05) is 18.2 Å². The maximum absolute atomic E-state index is 12.7. The van der Waals surface area contributed by atoms with Crippen molar-refractivity contribution in [2.45, 2.75) is 0 Å². The van der Waals surface area contributed by atoms with Gasteiger partial charge in [0.05, 0.1) is 6.54 Å². The van der Waals surface area contributed by atoms with E-state index in [1.165, 1.54) is 12.1 Å². The molecule has 0 radical (unpaired) electrons. The molecule has 20 heavy (non-hydrogen) atoms. The Balaban J connectivity index is 1.82. The van der Waals surface area contributed by atoms with E-state index in [9.17, 15) is 9.18 Å². The van der Waals surface area contributed by atoms with Crippen LogP contribution in [0.1, 0.15) is 10.4 Å². The minimum atomic E-state index is -0.297. The predicted molar refractivity (Wildman–Crippen MR) is 75.3 cm³/mol. The van der Waals surface area contributed by atoms with Gasteiger partial charge in [0, 0.05) is 12.6 Å². The number of halogens is 1. The van der Waals surface area contributed by atoms with Crippen molar-refractivity contribution in [3.8, 4) is 5.75 Å². The van der Waals surface area contributed by atoms with Gasteiger partial charge in [-0.25, -0.2) is 4.39 Å². The van der Waals surface area contributed by atoms with Crippen LogP contribution in [0.15, 0.2) is 54.6 Å². The van der Waals surface area contributed by atoms with Crippen molar-refractivity contribution in [2.75, 3.05) is 20.2 Å². The molecule has 1 amide bonds. The fourth-order valence-corrected chi connectivity index (χ4v) is 1.73. The van der Waals surface area contributed by atoms with E-state index in [-0.39, 0.29) is 11.7 Å². The van der Waals surface area contributed by atoms with E-state index in [2.05, 4.69) is 0 Å². The molecule has 2 aromatic carbocycles. The summed E-state index contributed by atoms with van der Waals surface area (Å²) in [6, 6.07) is 14.9. The number of carbonyl (C=O) groups is 1. The first kappa shape index (κ1) is 14.1. The summed E-state index contributed by atoms with van der Waals surface area (Å²) in [7, 11) is 1.73. The maximum atomic E-state index is 12.7. The Labute approximate surface area is 117 Å². The zero-order valence-electron chi connectivity index (χ0n) is 11.3. The zero-order chi connectivity index (χ0) is 14.4. The smallest absolute Gasteiger partial charge is 0.253 e. The average Bonchev–Trinajstić information content (AvgIpc) is 2.49. The largest absolute Gasteiger partial charge is 0.492 e. The van der Waals surface area contributed by atoms with Gasteiger partial charge in [0.1, 0.15) is 18.2 Å². The van der Waals surface area contributed by atoms with E-state index in [1.54, 1.807) is 36.2 Å². The zero-order valence-corrected chi connectivity index (χ0v) is 11.3. The molecular formula is C16H16FNO2. The second kappa shape index (κ2) is 6.70. The highest BCUT2D eigenvalue weighted by Crippen LogP contribution is 2.11. The van der Waals surface area contributed by atoms with Crippen molar-refractivity contribution >= 4 is 5.91 Å². The number of hydrogen-bond donors (Lipinski definition) is 0. The second-order valence-corrected chi connectivity index (χ2v) is 4.40. The topological polar surface area (TPSA) is 29.5 Å². The highest BCUT2D eigenvalue weighted by atomic mass is 19.1. The summed E-state index contributed by atoms with van der Waals surface area (Å²) in [5.41, 5.74) is 0.650. The molecule has 0 aromatic heterocycles. The van der Waals surface area contributed by atoms with Gasteiger partial charge in [0.25, 0.3) is 5.91 Å². The quantitative estimate of drug-likeness (QED) is 0.838. The Kier molecular flexibility index (Phi) is 4.71. The summed E-state index contributed by atoms with van der Waals surface area (Å²) in [6.07, 6.45) is 0. The molecule has 0 spiro atoms. The van der Waals surface area contributed by atoms with E-state index in [0.717, 1.165) is 0 Å². The van der Waals surface area contributed by atoms with Crippen LogP contribution in [-0.2, 0) is 0 Å². The summed E-state index contributed by atoms with van der Waals surface area (Å²) >= 11 is 0. The Bertz CT molecular complexity index is 554. The number of carbonyl (C=O) groups excluding carboxylic acids is 1. The summed E-state index contributed by atoms with van der Waals surface area (Å²) in [5.74, 6) is 0.244. The number of benzene rings is 2. The maximum Gasteiger partial charge on any atom is 0.253 e. The van der Waals surface area contributed by atoms with E-state index in [4.69, 9.17) is 4.74 Å². The molecule has 0 aliphatic carbocycles. The van der Waals surface area contributed by atoms with Crippen LogP contribution in [0.5, 0.6) is 5.75 Å². The first-order valence-corrected chi connectivity index (χ1v) is 6.36. The third kappa shape index (κ3) is 3.82. The predicted octanol–water partition coefficient (Wildman–Crippen LogP) is 2.98. The molecule has 0 bridgehead atoms. The first-order chi connectivity index (χ1) is 9.66. The SMILES string of the molecule is CN(CCOc1ccc(F)cc1)C(=O)c1ccccc1. The van der Waals surface area contributed by atoms with E-state index >= 15 is 0 Å². The van der Waals surface area contributed by atoms with Crippen molar-refractivity contribution < 1.29 is 13.9 Å². The summed E-state index contributed by atoms with van der Waals surface area (Å²) in [5, 5.41) is 0. The van der Waals surface area contributed by atoms with E-state index in [1.807, 2.05) is 18.2 Å². The van der Waals surface area contributed by atoms with Crippen LogP contribution >= 0.6 is 0 Å². The number of likely N-dealkylation sites (N-methyl/N-ethyl adjacent to an activating group) is 1. The van der Waals surface area contributed by atoms with E-state index < -0.39 is 0 Å². The number of hydrogen-bond acceptors (Lipinski definition) is 2. The molecule has 0 saturated carbocycles. The second-order valence-electron chi connectivity index (χ2n) is 4.40. The van der Waals surface area contributed by atoms with E-state index in [0.29, 0.717) is 24.5 Å². The van der Waals surface area contributed by atoms with Crippen LogP contribution in [0.3, 0.4) is 0 Å². The van der Waals surface area contributed by atoms with Crippen LogP contribution in [0.2, 0.25) is 0 Å². The molecule has 0 saturated heterocycles.